The highest BCUT2D eigenvalue weighted by Gasteiger charge is 2.02. The number of halogens is 1. The average molecular weight is 159 g/mol. The largest absolute Gasteiger partial charge is 0.396 e. The summed E-state index contributed by atoms with van der Waals surface area (Å²) >= 11 is 5.74. The quantitative estimate of drug-likeness (QED) is 0.654. The molecule has 0 spiro atoms. The molecule has 0 radical (unpaired) electrons. The van der Waals surface area contributed by atoms with Crippen molar-refractivity contribution in [3.63, 3.8) is 0 Å². The third-order valence-electron chi connectivity index (χ3n) is 1.62. The van der Waals surface area contributed by atoms with Gasteiger partial charge in [-0.15, -0.1) is 0 Å². The fourth-order valence-electron chi connectivity index (χ4n) is 1.01. The third kappa shape index (κ3) is 2.16. The average Bonchev–Trinajstić information content (AvgIpc) is 1.95. The summed E-state index contributed by atoms with van der Waals surface area (Å²) < 4.78 is 0. The predicted molar refractivity (Wildman–Crippen MR) is 43.0 cm³/mol. The van der Waals surface area contributed by atoms with Crippen LogP contribution in [0.25, 0.3) is 0 Å². The van der Waals surface area contributed by atoms with Crippen LogP contribution in [0.5, 0.6) is 0 Å². The number of hydrogen-bond donors (Lipinski definition) is 1. The van der Waals surface area contributed by atoms with E-state index in [1.807, 2.05) is 12.2 Å². The minimum Gasteiger partial charge on any atom is -0.396 e. The molecule has 1 aliphatic rings. The van der Waals surface area contributed by atoms with Crippen LogP contribution < -0.4 is 0 Å². The first-order valence-corrected chi connectivity index (χ1v) is 3.85. The summed E-state index contributed by atoms with van der Waals surface area (Å²) in [6, 6.07) is 0. The maximum absolute atomic E-state index is 8.59. The number of aliphatic hydroxyl groups is 1. The Balaban J connectivity index is 2.47. The van der Waals surface area contributed by atoms with Gasteiger partial charge >= 0.3 is 0 Å². The van der Waals surface area contributed by atoms with Crippen molar-refractivity contribution >= 4 is 11.6 Å². The van der Waals surface area contributed by atoms with Crippen molar-refractivity contribution in [2.24, 2.45) is 0 Å². The zero-order valence-electron chi connectivity index (χ0n) is 5.81. The van der Waals surface area contributed by atoms with Crippen LogP contribution in [0.3, 0.4) is 0 Å². The molecule has 1 aliphatic carbocycles. The molecule has 0 aromatic carbocycles. The van der Waals surface area contributed by atoms with E-state index < -0.39 is 0 Å². The van der Waals surface area contributed by atoms with E-state index in [0.29, 0.717) is 0 Å². The minimum absolute atomic E-state index is 0.247. The van der Waals surface area contributed by atoms with Crippen molar-refractivity contribution < 1.29 is 5.11 Å². The maximum Gasteiger partial charge on any atom is 0.0468 e. The Morgan fingerprint density at radius 2 is 2.20 bits per heavy atom. The highest BCUT2D eigenvalue weighted by Crippen LogP contribution is 2.22. The van der Waals surface area contributed by atoms with Gasteiger partial charge in [-0.2, -0.15) is 0 Å². The summed E-state index contributed by atoms with van der Waals surface area (Å²) in [5.74, 6) is 0. The second-order valence-corrected chi connectivity index (χ2v) is 2.90. The van der Waals surface area contributed by atoms with Gasteiger partial charge in [-0.3, -0.25) is 0 Å². The molecule has 0 bridgehead atoms. The predicted octanol–water partition coefficient (Wildman–Crippen LogP) is 2.21. The van der Waals surface area contributed by atoms with Crippen LogP contribution in [0.2, 0.25) is 0 Å². The van der Waals surface area contributed by atoms with Crippen LogP contribution in [-0.4, -0.2) is 11.7 Å². The van der Waals surface area contributed by atoms with Gasteiger partial charge in [-0.1, -0.05) is 23.3 Å². The Morgan fingerprint density at radius 1 is 1.40 bits per heavy atom. The molecule has 0 aromatic rings. The Morgan fingerprint density at radius 3 is 2.70 bits per heavy atom. The van der Waals surface area contributed by atoms with Crippen LogP contribution in [0, 0.1) is 0 Å². The SMILES string of the molecule is OCCC1=CC=C(Cl)CC1. The Hall–Kier alpha value is -0.270. The molecule has 0 saturated carbocycles. The summed E-state index contributed by atoms with van der Waals surface area (Å²) in [6.45, 7) is 0.247. The summed E-state index contributed by atoms with van der Waals surface area (Å²) in [7, 11) is 0. The maximum atomic E-state index is 8.59. The smallest absolute Gasteiger partial charge is 0.0468 e. The van der Waals surface area contributed by atoms with Crippen LogP contribution >= 0.6 is 11.6 Å². The van der Waals surface area contributed by atoms with E-state index in [2.05, 4.69) is 0 Å². The van der Waals surface area contributed by atoms with Crippen LogP contribution in [0.4, 0.5) is 0 Å². The van der Waals surface area contributed by atoms with Gasteiger partial charge in [-0.25, -0.2) is 0 Å². The van der Waals surface area contributed by atoms with Crippen molar-refractivity contribution in [1.82, 2.24) is 0 Å². The molecule has 0 heterocycles. The van der Waals surface area contributed by atoms with Gasteiger partial charge < -0.3 is 5.11 Å². The van der Waals surface area contributed by atoms with Crippen molar-refractivity contribution in [2.75, 3.05) is 6.61 Å². The number of hydrogen-bond acceptors (Lipinski definition) is 1. The van der Waals surface area contributed by atoms with Gasteiger partial charge in [0.05, 0.1) is 0 Å². The lowest BCUT2D eigenvalue weighted by atomic mass is 10.0. The first kappa shape index (κ1) is 7.83. The molecule has 0 fully saturated rings. The van der Waals surface area contributed by atoms with E-state index >= 15 is 0 Å². The van der Waals surface area contributed by atoms with E-state index in [9.17, 15) is 0 Å². The molecule has 2 heteroatoms. The van der Waals surface area contributed by atoms with Gasteiger partial charge in [0.1, 0.15) is 0 Å². The topological polar surface area (TPSA) is 20.2 Å². The molecule has 1 N–H and O–H groups in total. The number of allylic oxidation sites excluding steroid dienone is 3. The molecule has 0 aromatic heterocycles. The van der Waals surface area contributed by atoms with Crippen molar-refractivity contribution in [2.45, 2.75) is 19.3 Å². The van der Waals surface area contributed by atoms with Crippen molar-refractivity contribution in [3.8, 4) is 0 Å². The van der Waals surface area contributed by atoms with E-state index in [1.54, 1.807) is 0 Å². The first-order valence-electron chi connectivity index (χ1n) is 3.48. The standard InChI is InChI=1S/C8H11ClO/c9-8-3-1-7(2-4-8)5-6-10/h1,3,10H,2,4-6H2. The summed E-state index contributed by atoms with van der Waals surface area (Å²) in [5.41, 5.74) is 1.30. The molecule has 0 amide bonds. The van der Waals surface area contributed by atoms with Gasteiger partial charge in [0.2, 0.25) is 0 Å². The van der Waals surface area contributed by atoms with Crippen LogP contribution in [0.15, 0.2) is 22.8 Å². The molecular formula is C8H11ClO. The zero-order chi connectivity index (χ0) is 7.40. The lowest BCUT2D eigenvalue weighted by Crippen LogP contribution is -1.92. The molecule has 56 valence electrons. The minimum atomic E-state index is 0.247. The van der Waals surface area contributed by atoms with Gasteiger partial charge in [0.15, 0.2) is 0 Å². The van der Waals surface area contributed by atoms with Crippen molar-refractivity contribution in [1.29, 1.82) is 0 Å². The normalized spacial score (nSPS) is 18.2. The Bertz CT molecular complexity index is 166. The van der Waals surface area contributed by atoms with Crippen LogP contribution in [0.1, 0.15) is 19.3 Å². The number of rotatable bonds is 2. The van der Waals surface area contributed by atoms with Gasteiger partial charge in [0, 0.05) is 11.6 Å². The van der Waals surface area contributed by atoms with Crippen LogP contribution in [-0.2, 0) is 0 Å². The first-order chi connectivity index (χ1) is 4.83. The molecule has 0 aliphatic heterocycles. The fraction of sp³-hybridized carbons (Fsp3) is 0.500. The molecule has 1 rings (SSSR count). The fourth-order valence-corrected chi connectivity index (χ4v) is 1.16. The highest BCUT2D eigenvalue weighted by atomic mass is 35.5. The Labute approximate surface area is 66.0 Å². The Kier molecular flexibility index (Phi) is 2.97. The molecule has 0 saturated heterocycles. The second kappa shape index (κ2) is 3.79. The van der Waals surface area contributed by atoms with Gasteiger partial charge in [-0.05, 0) is 25.3 Å². The summed E-state index contributed by atoms with van der Waals surface area (Å²) in [5, 5.41) is 9.51. The zero-order valence-corrected chi connectivity index (χ0v) is 6.56. The second-order valence-electron chi connectivity index (χ2n) is 2.41. The molecule has 10 heavy (non-hydrogen) atoms. The number of aliphatic hydroxyl groups excluding tert-OH is 1. The lowest BCUT2D eigenvalue weighted by molar-refractivity contribution is 0.298. The third-order valence-corrected chi connectivity index (χ3v) is 1.93. The summed E-state index contributed by atoms with van der Waals surface area (Å²) in [6.07, 6.45) is 6.65. The molecule has 0 unspecified atom stereocenters. The molecule has 0 atom stereocenters. The van der Waals surface area contributed by atoms with E-state index in [1.165, 1.54) is 5.57 Å². The monoisotopic (exact) mass is 158 g/mol. The van der Waals surface area contributed by atoms with Crippen molar-refractivity contribution in [3.05, 3.63) is 22.8 Å². The summed E-state index contributed by atoms with van der Waals surface area (Å²) in [4.78, 5) is 0. The van der Waals surface area contributed by atoms with E-state index in [4.69, 9.17) is 16.7 Å². The van der Waals surface area contributed by atoms with E-state index in [0.717, 1.165) is 24.3 Å². The molecular weight excluding hydrogens is 148 g/mol. The van der Waals surface area contributed by atoms with Gasteiger partial charge in [0.25, 0.3) is 0 Å². The highest BCUT2D eigenvalue weighted by molar-refractivity contribution is 6.29. The lowest BCUT2D eigenvalue weighted by Gasteiger charge is -2.08. The van der Waals surface area contributed by atoms with E-state index in [-0.39, 0.29) is 6.61 Å². The molecule has 1 nitrogen and oxygen atoms in total.